The third-order valence-corrected chi connectivity index (χ3v) is 7.45. The van der Waals surface area contributed by atoms with E-state index in [2.05, 4.69) is 5.32 Å². The minimum Gasteiger partial charge on any atom is -0.493 e. The van der Waals surface area contributed by atoms with Gasteiger partial charge in [0.05, 0.1) is 31.9 Å². The number of carbonyl (C=O) groups is 1. The summed E-state index contributed by atoms with van der Waals surface area (Å²) in [7, 11) is 0.533. The Hall–Kier alpha value is -3.72. The molecule has 3 aromatic carbocycles. The predicted octanol–water partition coefficient (Wildman–Crippen LogP) is 3.84. The van der Waals surface area contributed by atoms with Gasteiger partial charge in [-0.3, -0.25) is 9.10 Å². The van der Waals surface area contributed by atoms with Crippen molar-refractivity contribution in [1.29, 1.82) is 0 Å². The largest absolute Gasteiger partial charge is 0.493 e. The topological polar surface area (TPSA) is 94.2 Å². The first-order chi connectivity index (χ1) is 16.7. The summed E-state index contributed by atoms with van der Waals surface area (Å²) in [5.41, 5.74) is 3.01. The quantitative estimate of drug-likeness (QED) is 0.457. The number of nitrogens with zero attached hydrogens (tertiary/aromatic N) is 1. The maximum Gasteiger partial charge on any atom is 0.264 e. The summed E-state index contributed by atoms with van der Waals surface area (Å²) < 4.78 is 44.2. The molecule has 0 aliphatic rings. The van der Waals surface area contributed by atoms with Crippen molar-refractivity contribution in [2.45, 2.75) is 25.3 Å². The van der Waals surface area contributed by atoms with Crippen LogP contribution in [0.3, 0.4) is 0 Å². The monoisotopic (exact) mass is 498 g/mol. The lowest BCUT2D eigenvalue weighted by molar-refractivity contribution is -0.119. The van der Waals surface area contributed by atoms with Crippen LogP contribution in [0.1, 0.15) is 16.7 Å². The van der Waals surface area contributed by atoms with E-state index in [4.69, 9.17) is 14.2 Å². The normalized spacial score (nSPS) is 11.0. The molecule has 35 heavy (non-hydrogen) atoms. The number of rotatable bonds is 10. The highest BCUT2D eigenvalue weighted by Gasteiger charge is 2.27. The number of hydrogen-bond acceptors (Lipinski definition) is 6. The Morgan fingerprint density at radius 1 is 0.857 bits per heavy atom. The Bertz CT molecular complexity index is 1290. The lowest BCUT2D eigenvalue weighted by atomic mass is 10.1. The van der Waals surface area contributed by atoms with E-state index in [1.54, 1.807) is 42.5 Å². The highest BCUT2D eigenvalue weighted by molar-refractivity contribution is 7.92. The van der Waals surface area contributed by atoms with Gasteiger partial charge in [0.25, 0.3) is 10.0 Å². The zero-order valence-corrected chi connectivity index (χ0v) is 21.3. The molecule has 8 nitrogen and oxygen atoms in total. The number of sulfonamides is 1. The maximum atomic E-state index is 13.5. The van der Waals surface area contributed by atoms with Crippen LogP contribution in [-0.4, -0.2) is 42.2 Å². The first-order valence-electron chi connectivity index (χ1n) is 10.9. The average molecular weight is 499 g/mol. The predicted molar refractivity (Wildman–Crippen MR) is 135 cm³/mol. The van der Waals surface area contributed by atoms with Gasteiger partial charge in [0, 0.05) is 12.1 Å². The molecule has 0 heterocycles. The van der Waals surface area contributed by atoms with Gasteiger partial charge in [-0.1, -0.05) is 24.3 Å². The van der Waals surface area contributed by atoms with Crippen LogP contribution in [-0.2, 0) is 21.4 Å². The van der Waals surface area contributed by atoms with Crippen LogP contribution < -0.4 is 23.8 Å². The van der Waals surface area contributed by atoms with E-state index in [0.717, 1.165) is 15.4 Å². The van der Waals surface area contributed by atoms with Crippen LogP contribution in [0, 0.1) is 13.8 Å². The fourth-order valence-electron chi connectivity index (χ4n) is 3.60. The molecule has 0 aromatic heterocycles. The molecule has 0 aliphatic carbocycles. The molecule has 0 bridgehead atoms. The summed E-state index contributed by atoms with van der Waals surface area (Å²) in [5, 5.41) is 2.79. The highest BCUT2D eigenvalue weighted by atomic mass is 32.2. The van der Waals surface area contributed by atoms with Crippen LogP contribution in [0.15, 0.2) is 65.6 Å². The molecule has 3 aromatic rings. The van der Waals surface area contributed by atoms with E-state index in [9.17, 15) is 13.2 Å². The number of benzene rings is 3. The zero-order valence-electron chi connectivity index (χ0n) is 20.5. The van der Waals surface area contributed by atoms with Crippen molar-refractivity contribution >= 4 is 21.6 Å². The number of ether oxygens (including phenoxy) is 3. The van der Waals surface area contributed by atoms with E-state index >= 15 is 0 Å². The van der Waals surface area contributed by atoms with Crippen LogP contribution in [0.4, 0.5) is 5.69 Å². The first-order valence-corrected chi connectivity index (χ1v) is 12.4. The minimum absolute atomic E-state index is 0.104. The molecule has 0 spiro atoms. The number of anilines is 1. The molecule has 0 saturated heterocycles. The van der Waals surface area contributed by atoms with E-state index in [0.29, 0.717) is 28.5 Å². The molecular weight excluding hydrogens is 468 g/mol. The molecule has 0 unspecified atom stereocenters. The van der Waals surface area contributed by atoms with Gasteiger partial charge in [0.2, 0.25) is 11.7 Å². The maximum absolute atomic E-state index is 13.5. The van der Waals surface area contributed by atoms with Gasteiger partial charge in [-0.2, -0.15) is 0 Å². The number of carbonyl (C=O) groups excluding carboxylic acids is 1. The van der Waals surface area contributed by atoms with Crippen molar-refractivity contribution in [3.05, 3.63) is 77.4 Å². The fourth-order valence-corrected chi connectivity index (χ4v) is 5.03. The van der Waals surface area contributed by atoms with Crippen molar-refractivity contribution in [3.63, 3.8) is 0 Å². The number of aryl methyl sites for hydroxylation is 2. The summed E-state index contributed by atoms with van der Waals surface area (Å²) in [5.74, 6) is 0.856. The Labute approximate surface area is 206 Å². The molecular formula is C26H30N2O6S. The van der Waals surface area contributed by atoms with Gasteiger partial charge >= 0.3 is 0 Å². The van der Waals surface area contributed by atoms with Crippen LogP contribution >= 0.6 is 0 Å². The van der Waals surface area contributed by atoms with E-state index < -0.39 is 22.5 Å². The second kappa shape index (κ2) is 11.1. The van der Waals surface area contributed by atoms with E-state index in [1.165, 1.54) is 33.5 Å². The summed E-state index contributed by atoms with van der Waals surface area (Å²) in [6.45, 7) is 3.55. The summed E-state index contributed by atoms with van der Waals surface area (Å²) in [4.78, 5) is 13.1. The molecule has 1 amide bonds. The summed E-state index contributed by atoms with van der Waals surface area (Å²) in [6, 6.07) is 16.8. The number of amides is 1. The average Bonchev–Trinajstić information content (AvgIpc) is 2.87. The first kappa shape index (κ1) is 25.9. The molecule has 3 rings (SSSR count). The Balaban J connectivity index is 1.89. The molecule has 9 heteroatoms. The van der Waals surface area contributed by atoms with Crippen molar-refractivity contribution in [3.8, 4) is 17.2 Å². The third-order valence-electron chi connectivity index (χ3n) is 5.66. The molecule has 0 fully saturated rings. The Kier molecular flexibility index (Phi) is 8.24. The molecule has 1 N–H and O–H groups in total. The summed E-state index contributed by atoms with van der Waals surface area (Å²) in [6.07, 6.45) is 0. The van der Waals surface area contributed by atoms with Gasteiger partial charge in [-0.25, -0.2) is 8.42 Å². The zero-order chi connectivity index (χ0) is 25.6. The summed E-state index contributed by atoms with van der Waals surface area (Å²) >= 11 is 0. The third kappa shape index (κ3) is 5.68. The highest BCUT2D eigenvalue weighted by Crippen LogP contribution is 2.39. The van der Waals surface area contributed by atoms with Crippen molar-refractivity contribution in [2.75, 3.05) is 32.2 Å². The van der Waals surface area contributed by atoms with Crippen LogP contribution in [0.2, 0.25) is 0 Å². The number of nitrogens with one attached hydrogen (secondary N) is 1. The second-order valence-corrected chi connectivity index (χ2v) is 9.73. The number of hydrogen-bond donors (Lipinski definition) is 1. The van der Waals surface area contributed by atoms with Crippen LogP contribution in [0.5, 0.6) is 17.2 Å². The fraction of sp³-hybridized carbons (Fsp3) is 0.269. The molecule has 0 aliphatic heterocycles. The standard InChI is InChI=1S/C26H30N2O6S/c1-18-11-13-21(15-19(18)2)28(35(30,31)22-9-7-6-8-10-22)17-24(29)27-16-20-12-14-23(32-3)26(34-5)25(20)33-4/h6-15H,16-17H2,1-5H3,(H,27,29). The van der Waals surface area contributed by atoms with Gasteiger partial charge in [0.15, 0.2) is 11.5 Å². The van der Waals surface area contributed by atoms with Crippen molar-refractivity contribution < 1.29 is 27.4 Å². The molecule has 0 saturated carbocycles. The van der Waals surface area contributed by atoms with Crippen molar-refractivity contribution in [1.82, 2.24) is 5.32 Å². The molecule has 186 valence electrons. The smallest absolute Gasteiger partial charge is 0.264 e. The Morgan fingerprint density at radius 3 is 2.14 bits per heavy atom. The second-order valence-electron chi connectivity index (χ2n) is 7.86. The Morgan fingerprint density at radius 2 is 1.54 bits per heavy atom. The van der Waals surface area contributed by atoms with E-state index in [-0.39, 0.29) is 11.4 Å². The van der Waals surface area contributed by atoms with Gasteiger partial charge in [0.1, 0.15) is 6.54 Å². The SMILES string of the molecule is COc1ccc(CNC(=O)CN(c2ccc(C)c(C)c2)S(=O)(=O)c2ccccc2)c(OC)c1OC. The van der Waals surface area contributed by atoms with Gasteiger partial charge < -0.3 is 19.5 Å². The molecule has 0 radical (unpaired) electrons. The minimum atomic E-state index is -3.98. The lowest BCUT2D eigenvalue weighted by Crippen LogP contribution is -2.40. The van der Waals surface area contributed by atoms with Crippen molar-refractivity contribution in [2.24, 2.45) is 0 Å². The van der Waals surface area contributed by atoms with Gasteiger partial charge in [-0.05, 0) is 61.4 Å². The number of methoxy groups -OCH3 is 3. The van der Waals surface area contributed by atoms with E-state index in [1.807, 2.05) is 19.9 Å². The lowest BCUT2D eigenvalue weighted by Gasteiger charge is -2.25. The molecule has 0 atom stereocenters. The van der Waals surface area contributed by atoms with Crippen LogP contribution in [0.25, 0.3) is 0 Å². The van der Waals surface area contributed by atoms with Gasteiger partial charge in [-0.15, -0.1) is 0 Å².